The van der Waals surface area contributed by atoms with Crippen LogP contribution in [0.3, 0.4) is 0 Å². The van der Waals surface area contributed by atoms with Gasteiger partial charge in [-0.3, -0.25) is 0 Å². The normalized spacial score (nSPS) is 18.1. The van der Waals surface area contributed by atoms with Gasteiger partial charge in [0.05, 0.1) is 6.33 Å². The van der Waals surface area contributed by atoms with Crippen molar-refractivity contribution >= 4 is 34.0 Å². The van der Waals surface area contributed by atoms with E-state index in [1.807, 2.05) is 0 Å². The summed E-state index contributed by atoms with van der Waals surface area (Å²) in [6, 6.07) is 0. The lowest BCUT2D eigenvalue weighted by Crippen LogP contribution is -2.34. The Balaban J connectivity index is 0.00000162. The van der Waals surface area contributed by atoms with E-state index in [9.17, 15) is 8.42 Å². The number of halogens is 2. The minimum Gasteiger partial charge on any atom is -0.324 e. The second kappa shape index (κ2) is 6.21. The van der Waals surface area contributed by atoms with Crippen molar-refractivity contribution in [2.45, 2.75) is 11.4 Å². The maximum atomic E-state index is 12.3. The Labute approximate surface area is 118 Å². The molecule has 1 aromatic rings. The smallest absolute Gasteiger partial charge is 0.263 e. The van der Waals surface area contributed by atoms with Crippen LogP contribution >= 0.6 is 24.0 Å². The van der Waals surface area contributed by atoms with E-state index in [1.165, 1.54) is 15.2 Å². The van der Waals surface area contributed by atoms with E-state index < -0.39 is 10.0 Å². The van der Waals surface area contributed by atoms with Crippen molar-refractivity contribution in [3.05, 3.63) is 11.5 Å². The molecule has 0 amide bonds. The fourth-order valence-corrected chi connectivity index (χ4v) is 3.62. The molecule has 6 nitrogen and oxygen atoms in total. The molecule has 104 valence electrons. The molecule has 18 heavy (non-hydrogen) atoms. The Bertz CT molecular complexity index is 495. The number of sulfonamides is 1. The van der Waals surface area contributed by atoms with Crippen LogP contribution in [0.25, 0.3) is 0 Å². The topological polar surface area (TPSA) is 67.2 Å². The van der Waals surface area contributed by atoms with Crippen molar-refractivity contribution in [2.75, 3.05) is 26.2 Å². The highest BCUT2D eigenvalue weighted by molar-refractivity contribution is 7.89. The van der Waals surface area contributed by atoms with Gasteiger partial charge in [-0.05, 0) is 13.0 Å². The first-order chi connectivity index (χ1) is 8.03. The van der Waals surface area contributed by atoms with Crippen molar-refractivity contribution < 1.29 is 8.42 Å². The standard InChI is InChI=1S/C9H15ClN4O2S.ClH/c1-13-7-12-9(8(13)10)17(15,16)14-5-2-3-11-4-6-14;/h7,11H,2-6H2,1H3;1H. The van der Waals surface area contributed by atoms with Crippen molar-refractivity contribution in [2.24, 2.45) is 7.05 Å². The molecular formula is C9H16Cl2N4O2S. The molecule has 1 fully saturated rings. The molecule has 1 aromatic heterocycles. The summed E-state index contributed by atoms with van der Waals surface area (Å²) >= 11 is 5.93. The molecule has 9 heteroatoms. The molecular weight excluding hydrogens is 299 g/mol. The van der Waals surface area contributed by atoms with E-state index in [-0.39, 0.29) is 22.6 Å². The fourth-order valence-electron chi connectivity index (χ4n) is 1.75. The number of rotatable bonds is 2. The van der Waals surface area contributed by atoms with Crippen LogP contribution in [0.2, 0.25) is 5.15 Å². The number of nitrogens with one attached hydrogen (secondary N) is 1. The molecule has 0 atom stereocenters. The molecule has 0 aliphatic carbocycles. The first kappa shape index (κ1) is 15.7. The summed E-state index contributed by atoms with van der Waals surface area (Å²) in [6.45, 7) is 2.45. The van der Waals surface area contributed by atoms with Crippen LogP contribution < -0.4 is 5.32 Å². The summed E-state index contributed by atoms with van der Waals surface area (Å²) in [5, 5.41) is 3.26. The van der Waals surface area contributed by atoms with Crippen molar-refractivity contribution in [1.29, 1.82) is 0 Å². The average Bonchev–Trinajstić information content (AvgIpc) is 2.55. The Morgan fingerprint density at radius 3 is 2.72 bits per heavy atom. The fraction of sp³-hybridized carbons (Fsp3) is 0.667. The summed E-state index contributed by atoms with van der Waals surface area (Å²) in [5.74, 6) is 0. The molecule has 0 saturated carbocycles. The summed E-state index contributed by atoms with van der Waals surface area (Å²) in [6.07, 6.45) is 2.20. The zero-order valence-electron chi connectivity index (χ0n) is 9.97. The Morgan fingerprint density at radius 1 is 1.39 bits per heavy atom. The Morgan fingerprint density at radius 2 is 2.11 bits per heavy atom. The zero-order chi connectivity index (χ0) is 12.5. The first-order valence-electron chi connectivity index (χ1n) is 5.41. The molecule has 0 spiro atoms. The predicted octanol–water partition coefficient (Wildman–Crippen LogP) is 0.479. The highest BCUT2D eigenvalue weighted by Crippen LogP contribution is 2.22. The van der Waals surface area contributed by atoms with E-state index in [4.69, 9.17) is 11.6 Å². The highest BCUT2D eigenvalue weighted by atomic mass is 35.5. The van der Waals surface area contributed by atoms with Gasteiger partial charge in [-0.15, -0.1) is 12.4 Å². The maximum absolute atomic E-state index is 12.3. The van der Waals surface area contributed by atoms with E-state index in [0.29, 0.717) is 19.6 Å². The van der Waals surface area contributed by atoms with Gasteiger partial charge in [0, 0.05) is 26.7 Å². The summed E-state index contributed by atoms with van der Waals surface area (Å²) in [7, 11) is -1.90. The number of hydrogen-bond donors (Lipinski definition) is 1. The van der Waals surface area contributed by atoms with Crippen molar-refractivity contribution in [3.8, 4) is 0 Å². The van der Waals surface area contributed by atoms with E-state index in [0.717, 1.165) is 13.0 Å². The third-order valence-electron chi connectivity index (χ3n) is 2.72. The van der Waals surface area contributed by atoms with Crippen LogP contribution in [0, 0.1) is 0 Å². The van der Waals surface area contributed by atoms with Crippen molar-refractivity contribution in [1.82, 2.24) is 19.2 Å². The summed E-state index contributed by atoms with van der Waals surface area (Å²) in [5.41, 5.74) is 0. The van der Waals surface area contributed by atoms with E-state index in [2.05, 4.69) is 10.3 Å². The minimum absolute atomic E-state index is 0. The second-order valence-electron chi connectivity index (χ2n) is 3.96. The number of aromatic nitrogens is 2. The van der Waals surface area contributed by atoms with Crippen LogP contribution in [-0.4, -0.2) is 48.5 Å². The van der Waals surface area contributed by atoms with Gasteiger partial charge in [-0.2, -0.15) is 4.31 Å². The SMILES string of the molecule is Cl.Cn1cnc(S(=O)(=O)N2CCCNCC2)c1Cl. The third kappa shape index (κ3) is 2.97. The van der Waals surface area contributed by atoms with Gasteiger partial charge in [0.1, 0.15) is 5.15 Å². The molecule has 1 aliphatic heterocycles. The molecule has 1 saturated heterocycles. The molecule has 0 bridgehead atoms. The summed E-state index contributed by atoms with van der Waals surface area (Å²) < 4.78 is 27.5. The lowest BCUT2D eigenvalue weighted by atomic mass is 10.4. The van der Waals surface area contributed by atoms with E-state index >= 15 is 0 Å². The average molecular weight is 315 g/mol. The Kier molecular flexibility index (Phi) is 5.42. The van der Waals surface area contributed by atoms with Crippen LogP contribution in [0.1, 0.15) is 6.42 Å². The Hall–Kier alpha value is -0.340. The van der Waals surface area contributed by atoms with Crippen LogP contribution in [0.4, 0.5) is 0 Å². The van der Waals surface area contributed by atoms with E-state index in [1.54, 1.807) is 7.05 Å². The molecule has 1 N–H and O–H groups in total. The molecule has 0 radical (unpaired) electrons. The molecule has 2 heterocycles. The number of imidazole rings is 1. The van der Waals surface area contributed by atoms with Crippen LogP contribution in [-0.2, 0) is 17.1 Å². The monoisotopic (exact) mass is 314 g/mol. The van der Waals surface area contributed by atoms with Gasteiger partial charge in [-0.1, -0.05) is 11.6 Å². The van der Waals surface area contributed by atoms with Crippen molar-refractivity contribution in [3.63, 3.8) is 0 Å². The molecule has 0 aromatic carbocycles. The van der Waals surface area contributed by atoms with Gasteiger partial charge < -0.3 is 9.88 Å². The number of hydrogen-bond acceptors (Lipinski definition) is 4. The first-order valence-corrected chi connectivity index (χ1v) is 7.23. The van der Waals surface area contributed by atoms with Crippen LogP contribution in [0.15, 0.2) is 11.4 Å². The third-order valence-corrected chi connectivity index (χ3v) is 5.11. The van der Waals surface area contributed by atoms with Crippen LogP contribution in [0.5, 0.6) is 0 Å². The van der Waals surface area contributed by atoms with Gasteiger partial charge in [0.15, 0.2) is 0 Å². The molecule has 2 rings (SSSR count). The largest absolute Gasteiger partial charge is 0.324 e. The lowest BCUT2D eigenvalue weighted by molar-refractivity contribution is 0.430. The zero-order valence-corrected chi connectivity index (χ0v) is 12.4. The summed E-state index contributed by atoms with van der Waals surface area (Å²) in [4.78, 5) is 3.87. The number of nitrogens with zero attached hydrogens (tertiary/aromatic N) is 3. The van der Waals surface area contributed by atoms with Gasteiger partial charge in [0.25, 0.3) is 10.0 Å². The molecule has 0 unspecified atom stereocenters. The van der Waals surface area contributed by atoms with Gasteiger partial charge >= 0.3 is 0 Å². The predicted molar refractivity (Wildman–Crippen MR) is 71.7 cm³/mol. The quantitative estimate of drug-likeness (QED) is 0.862. The molecule has 1 aliphatic rings. The van der Waals surface area contributed by atoms with Gasteiger partial charge in [-0.25, -0.2) is 13.4 Å². The number of aryl methyl sites for hydroxylation is 1. The second-order valence-corrected chi connectivity index (χ2v) is 6.17. The lowest BCUT2D eigenvalue weighted by Gasteiger charge is -2.18. The minimum atomic E-state index is -3.57. The van der Waals surface area contributed by atoms with Gasteiger partial charge in [0.2, 0.25) is 5.03 Å². The maximum Gasteiger partial charge on any atom is 0.263 e. The highest BCUT2D eigenvalue weighted by Gasteiger charge is 2.29.